The second-order valence-corrected chi connectivity index (χ2v) is 16.3. The lowest BCUT2D eigenvalue weighted by Gasteiger charge is -2.40. The number of ether oxygens (including phenoxy) is 2. The van der Waals surface area contributed by atoms with E-state index in [-0.39, 0.29) is 12.5 Å². The van der Waals surface area contributed by atoms with Crippen LogP contribution in [0.5, 0.6) is 0 Å². The summed E-state index contributed by atoms with van der Waals surface area (Å²) in [4.78, 5) is 11.7. The number of carbonyl (C=O) groups excluding carboxylic acids is 1. The van der Waals surface area contributed by atoms with Crippen LogP contribution in [0.15, 0.2) is 12.2 Å². The molecule has 0 spiro atoms. The molecule has 1 amide bonds. The third-order valence-electron chi connectivity index (χ3n) is 11.1. The zero-order valence-corrected chi connectivity index (χ0v) is 35.0. The van der Waals surface area contributed by atoms with Crippen molar-refractivity contribution in [1.82, 2.24) is 5.32 Å². The first-order valence-electron chi connectivity index (χ1n) is 22.9. The minimum atomic E-state index is -1.56. The van der Waals surface area contributed by atoms with E-state index in [9.17, 15) is 30.3 Å². The van der Waals surface area contributed by atoms with E-state index in [1.165, 1.54) is 187 Å². The number of nitrogens with one attached hydrogen (secondary N) is 1. The van der Waals surface area contributed by atoms with Crippen LogP contribution in [0.3, 0.4) is 0 Å². The molecule has 0 radical (unpaired) electrons. The number of aliphatic hydroxyl groups excluding tert-OH is 5. The predicted octanol–water partition coefficient (Wildman–Crippen LogP) is 9.34. The van der Waals surface area contributed by atoms with Crippen LogP contribution in [-0.2, 0) is 14.3 Å². The highest BCUT2D eigenvalue weighted by Gasteiger charge is 2.44. The summed E-state index contributed by atoms with van der Waals surface area (Å²) in [5, 5.41) is 52.7. The molecule has 0 saturated carbocycles. The molecule has 0 bridgehead atoms. The first kappa shape index (κ1) is 50.9. The average Bonchev–Trinajstić information content (AvgIpc) is 3.16. The summed E-state index contributed by atoms with van der Waals surface area (Å²) in [7, 11) is 0. The average molecular weight is 770 g/mol. The Balaban J connectivity index is 1.89. The largest absolute Gasteiger partial charge is 0.394 e. The lowest BCUT2D eigenvalue weighted by Crippen LogP contribution is -2.60. The predicted molar refractivity (Wildman–Crippen MR) is 221 cm³/mol. The van der Waals surface area contributed by atoms with E-state index in [1.54, 1.807) is 6.08 Å². The summed E-state index contributed by atoms with van der Waals surface area (Å²) in [5.41, 5.74) is 0. The van der Waals surface area contributed by atoms with Gasteiger partial charge in [0.25, 0.3) is 0 Å². The monoisotopic (exact) mass is 770 g/mol. The quantitative estimate of drug-likeness (QED) is 0.0269. The Bertz CT molecular complexity index is 858. The zero-order valence-electron chi connectivity index (χ0n) is 35.0. The first-order chi connectivity index (χ1) is 26.3. The molecule has 1 aliphatic rings. The Morgan fingerprint density at radius 1 is 0.611 bits per heavy atom. The molecule has 0 aromatic carbocycles. The molecule has 0 aromatic heterocycles. The van der Waals surface area contributed by atoms with Crippen molar-refractivity contribution < 1.29 is 39.8 Å². The third-order valence-corrected chi connectivity index (χ3v) is 11.1. The number of aliphatic hydroxyl groups is 5. The van der Waals surface area contributed by atoms with Gasteiger partial charge in [-0.2, -0.15) is 0 Å². The maximum absolute atomic E-state index is 11.7. The molecular weight excluding hydrogens is 682 g/mol. The molecule has 54 heavy (non-hydrogen) atoms. The maximum Gasteiger partial charge on any atom is 0.217 e. The summed E-state index contributed by atoms with van der Waals surface area (Å²) in [6.07, 6.45) is 38.0. The van der Waals surface area contributed by atoms with Gasteiger partial charge < -0.3 is 40.3 Å². The highest BCUT2D eigenvalue weighted by Crippen LogP contribution is 2.23. The van der Waals surface area contributed by atoms with Gasteiger partial charge in [-0.3, -0.25) is 4.79 Å². The molecule has 1 saturated heterocycles. The Labute approximate surface area is 331 Å². The van der Waals surface area contributed by atoms with E-state index < -0.39 is 49.5 Å². The van der Waals surface area contributed by atoms with Crippen LogP contribution in [0.1, 0.15) is 213 Å². The molecule has 320 valence electrons. The SMILES string of the molecule is CCCCCCCCCCCCCCCCCCCCCCCCCCCCCCCC/C=C/C(O)C(COC1OC(CO)C(O)C(O)C1O)NC(C)=O. The standard InChI is InChI=1S/C45H87NO8/c1-3-4-5-6-7-8-9-10-11-12-13-14-15-16-17-18-19-20-21-22-23-24-25-26-27-28-29-30-31-32-33-34-35-40(49)39(46-38(2)48)37-53-45-44(52)43(51)42(50)41(36-47)54-45/h34-35,39-45,47,49-52H,3-33,36-37H2,1-2H3,(H,46,48)/b35-34+. The Morgan fingerprint density at radius 2 is 0.981 bits per heavy atom. The molecule has 7 atom stereocenters. The van der Waals surface area contributed by atoms with Gasteiger partial charge in [-0.1, -0.05) is 205 Å². The van der Waals surface area contributed by atoms with Gasteiger partial charge in [-0.15, -0.1) is 0 Å². The highest BCUT2D eigenvalue weighted by molar-refractivity contribution is 5.73. The molecule has 1 aliphatic heterocycles. The second kappa shape index (κ2) is 36.3. The van der Waals surface area contributed by atoms with Gasteiger partial charge in [0.05, 0.1) is 25.4 Å². The van der Waals surface area contributed by atoms with Crippen molar-refractivity contribution >= 4 is 5.91 Å². The molecule has 1 fully saturated rings. The zero-order chi connectivity index (χ0) is 39.5. The van der Waals surface area contributed by atoms with E-state index in [4.69, 9.17) is 9.47 Å². The highest BCUT2D eigenvalue weighted by atomic mass is 16.7. The van der Waals surface area contributed by atoms with Crippen molar-refractivity contribution in [1.29, 1.82) is 0 Å². The van der Waals surface area contributed by atoms with Crippen LogP contribution in [0.2, 0.25) is 0 Å². The van der Waals surface area contributed by atoms with E-state index in [0.29, 0.717) is 0 Å². The van der Waals surface area contributed by atoms with Crippen LogP contribution in [0.25, 0.3) is 0 Å². The molecule has 1 rings (SSSR count). The van der Waals surface area contributed by atoms with Crippen molar-refractivity contribution in [3.8, 4) is 0 Å². The molecule has 0 aromatic rings. The van der Waals surface area contributed by atoms with Crippen LogP contribution < -0.4 is 5.32 Å². The summed E-state index contributed by atoms with van der Waals surface area (Å²) >= 11 is 0. The van der Waals surface area contributed by atoms with Crippen LogP contribution in [0.4, 0.5) is 0 Å². The summed E-state index contributed by atoms with van der Waals surface area (Å²) in [5.74, 6) is -0.351. The number of unbranched alkanes of at least 4 members (excludes halogenated alkanes) is 30. The molecule has 7 unspecified atom stereocenters. The summed E-state index contributed by atoms with van der Waals surface area (Å²) in [6.45, 7) is 2.86. The molecule has 6 N–H and O–H groups in total. The number of hydrogen-bond acceptors (Lipinski definition) is 8. The molecule has 9 nitrogen and oxygen atoms in total. The fourth-order valence-corrected chi connectivity index (χ4v) is 7.55. The van der Waals surface area contributed by atoms with Crippen molar-refractivity contribution in [3.05, 3.63) is 12.2 Å². The van der Waals surface area contributed by atoms with Crippen LogP contribution >= 0.6 is 0 Å². The first-order valence-corrected chi connectivity index (χ1v) is 22.9. The van der Waals surface area contributed by atoms with Gasteiger partial charge in [-0.05, 0) is 12.8 Å². The van der Waals surface area contributed by atoms with Crippen molar-refractivity contribution in [2.75, 3.05) is 13.2 Å². The lowest BCUT2D eigenvalue weighted by atomic mass is 9.99. The van der Waals surface area contributed by atoms with Gasteiger partial charge in [0.15, 0.2) is 6.29 Å². The number of allylic oxidation sites excluding steroid dienone is 1. The van der Waals surface area contributed by atoms with Gasteiger partial charge in [-0.25, -0.2) is 0 Å². The van der Waals surface area contributed by atoms with Gasteiger partial charge in [0, 0.05) is 6.92 Å². The van der Waals surface area contributed by atoms with Crippen LogP contribution in [-0.4, -0.2) is 87.5 Å². The van der Waals surface area contributed by atoms with Crippen molar-refractivity contribution in [2.24, 2.45) is 0 Å². The Morgan fingerprint density at radius 3 is 1.33 bits per heavy atom. The number of amides is 1. The second-order valence-electron chi connectivity index (χ2n) is 16.3. The van der Waals surface area contributed by atoms with Gasteiger partial charge >= 0.3 is 0 Å². The van der Waals surface area contributed by atoms with E-state index in [1.807, 2.05) is 6.08 Å². The van der Waals surface area contributed by atoms with E-state index in [2.05, 4.69) is 12.2 Å². The van der Waals surface area contributed by atoms with E-state index >= 15 is 0 Å². The molecule has 9 heteroatoms. The van der Waals surface area contributed by atoms with Crippen molar-refractivity contribution in [2.45, 2.75) is 256 Å². The third kappa shape index (κ3) is 27.5. The smallest absolute Gasteiger partial charge is 0.217 e. The minimum absolute atomic E-state index is 0.201. The maximum atomic E-state index is 11.7. The van der Waals surface area contributed by atoms with Gasteiger partial charge in [0.1, 0.15) is 24.4 Å². The molecule has 1 heterocycles. The minimum Gasteiger partial charge on any atom is -0.394 e. The summed E-state index contributed by atoms with van der Waals surface area (Å²) in [6, 6.07) is -0.801. The van der Waals surface area contributed by atoms with Crippen LogP contribution in [0, 0.1) is 0 Å². The molecule has 0 aliphatic carbocycles. The fraction of sp³-hybridized carbons (Fsp3) is 0.933. The Kier molecular flexibility index (Phi) is 34.2. The van der Waals surface area contributed by atoms with Gasteiger partial charge in [0.2, 0.25) is 5.91 Å². The normalized spacial score (nSPS) is 21.5. The summed E-state index contributed by atoms with van der Waals surface area (Å²) < 4.78 is 10.9. The lowest BCUT2D eigenvalue weighted by molar-refractivity contribution is -0.302. The topological polar surface area (TPSA) is 149 Å². The fourth-order valence-electron chi connectivity index (χ4n) is 7.55. The molecular formula is C45H87NO8. The number of hydrogen-bond donors (Lipinski definition) is 6. The number of rotatable bonds is 38. The number of carbonyl (C=O) groups is 1. The van der Waals surface area contributed by atoms with Crippen molar-refractivity contribution in [3.63, 3.8) is 0 Å². The Hall–Kier alpha value is -1.07. The van der Waals surface area contributed by atoms with E-state index in [0.717, 1.165) is 19.3 Å².